The van der Waals surface area contributed by atoms with Gasteiger partial charge in [0.25, 0.3) is 0 Å². The summed E-state index contributed by atoms with van der Waals surface area (Å²) >= 11 is 19.4. The lowest BCUT2D eigenvalue weighted by Crippen LogP contribution is -1.87. The highest BCUT2D eigenvalue weighted by atomic mass is 79.9. The molecule has 110 valence electrons. The fourth-order valence-corrected chi connectivity index (χ4v) is 3.14. The van der Waals surface area contributed by atoms with Crippen LogP contribution in [0.5, 0.6) is 0 Å². The molecule has 0 amide bonds. The zero-order chi connectivity index (χ0) is 15.7. The Balaban J connectivity index is 2.22. The predicted octanol–water partition coefficient (Wildman–Crippen LogP) is 7.85. The van der Waals surface area contributed by atoms with Gasteiger partial charge in [-0.1, -0.05) is 79.3 Å². The van der Waals surface area contributed by atoms with E-state index in [0.717, 1.165) is 31.2 Å². The second-order valence-corrected chi connectivity index (χ2v) is 7.47. The Hall–Kier alpha value is -0.800. The largest absolute Gasteiger partial charge is 0.0827 e. The third kappa shape index (κ3) is 3.41. The first kappa shape index (κ1) is 16.1. The molecule has 0 fully saturated rings. The summed E-state index contributed by atoms with van der Waals surface area (Å²) < 4.78 is 2.09. The topological polar surface area (TPSA) is 0 Å². The SMILES string of the molecule is Clc1cc(-c2ccc(Br)cc2)c(-c2ccc(Br)cc2)cc1Cl. The van der Waals surface area contributed by atoms with E-state index in [0.29, 0.717) is 10.0 Å². The Morgan fingerprint density at radius 3 is 1.18 bits per heavy atom. The second-order valence-electron chi connectivity index (χ2n) is 4.83. The van der Waals surface area contributed by atoms with Gasteiger partial charge >= 0.3 is 0 Å². The molecule has 3 aromatic rings. The summed E-state index contributed by atoms with van der Waals surface area (Å²) in [5.41, 5.74) is 4.31. The van der Waals surface area contributed by atoms with Crippen LogP contribution in [0.3, 0.4) is 0 Å². The minimum absolute atomic E-state index is 0.556. The molecule has 0 bridgehead atoms. The molecule has 0 nitrogen and oxygen atoms in total. The quantitative estimate of drug-likeness (QED) is 0.368. The molecule has 0 N–H and O–H groups in total. The van der Waals surface area contributed by atoms with Crippen molar-refractivity contribution in [3.8, 4) is 22.3 Å². The number of benzene rings is 3. The van der Waals surface area contributed by atoms with Gasteiger partial charge in [0.1, 0.15) is 0 Å². The van der Waals surface area contributed by atoms with E-state index in [4.69, 9.17) is 23.2 Å². The van der Waals surface area contributed by atoms with Crippen LogP contribution in [0.15, 0.2) is 69.6 Å². The third-order valence-corrected chi connectivity index (χ3v) is 5.15. The second kappa shape index (κ2) is 6.76. The van der Waals surface area contributed by atoms with Crippen molar-refractivity contribution in [2.45, 2.75) is 0 Å². The lowest BCUT2D eigenvalue weighted by Gasteiger charge is -2.12. The maximum absolute atomic E-state index is 6.23. The summed E-state index contributed by atoms with van der Waals surface area (Å²) in [4.78, 5) is 0. The lowest BCUT2D eigenvalue weighted by atomic mass is 9.95. The van der Waals surface area contributed by atoms with Gasteiger partial charge in [-0.05, 0) is 58.7 Å². The van der Waals surface area contributed by atoms with E-state index in [1.54, 1.807) is 0 Å². The van der Waals surface area contributed by atoms with E-state index >= 15 is 0 Å². The van der Waals surface area contributed by atoms with E-state index in [2.05, 4.69) is 56.1 Å². The van der Waals surface area contributed by atoms with Crippen LogP contribution in [-0.2, 0) is 0 Å². The molecule has 0 saturated heterocycles. The first-order valence-corrected chi connectivity index (χ1v) is 8.90. The number of rotatable bonds is 2. The van der Waals surface area contributed by atoms with Gasteiger partial charge in [-0.25, -0.2) is 0 Å². The molecule has 0 atom stereocenters. The highest BCUT2D eigenvalue weighted by Crippen LogP contribution is 2.38. The number of halogens is 4. The molecule has 0 aliphatic carbocycles. The normalized spacial score (nSPS) is 10.7. The van der Waals surface area contributed by atoms with Crippen molar-refractivity contribution < 1.29 is 0 Å². The van der Waals surface area contributed by atoms with E-state index < -0.39 is 0 Å². The fourth-order valence-electron chi connectivity index (χ4n) is 2.28. The van der Waals surface area contributed by atoms with Gasteiger partial charge in [-0.2, -0.15) is 0 Å². The van der Waals surface area contributed by atoms with Gasteiger partial charge in [0, 0.05) is 8.95 Å². The van der Waals surface area contributed by atoms with Crippen LogP contribution >= 0.6 is 55.1 Å². The van der Waals surface area contributed by atoms with Gasteiger partial charge in [0.05, 0.1) is 10.0 Å². The Kier molecular flexibility index (Phi) is 4.94. The molecule has 0 aliphatic heterocycles. The standard InChI is InChI=1S/C18H10Br2Cl2/c19-13-5-1-11(2-6-13)15-9-17(21)18(22)10-16(15)12-3-7-14(20)8-4-12/h1-10H. The molecule has 0 spiro atoms. The first-order chi connectivity index (χ1) is 10.5. The van der Waals surface area contributed by atoms with Crippen LogP contribution in [0.4, 0.5) is 0 Å². The smallest absolute Gasteiger partial charge is 0.0598 e. The van der Waals surface area contributed by atoms with Crippen molar-refractivity contribution in [1.82, 2.24) is 0 Å². The molecule has 0 heterocycles. The maximum Gasteiger partial charge on any atom is 0.0598 e. The zero-order valence-corrected chi connectivity index (χ0v) is 16.0. The minimum atomic E-state index is 0.556. The van der Waals surface area contributed by atoms with Crippen molar-refractivity contribution in [2.75, 3.05) is 0 Å². The highest BCUT2D eigenvalue weighted by Gasteiger charge is 2.11. The Labute approximate surface area is 156 Å². The van der Waals surface area contributed by atoms with E-state index in [1.807, 2.05) is 36.4 Å². The fraction of sp³-hybridized carbons (Fsp3) is 0. The van der Waals surface area contributed by atoms with Gasteiger partial charge in [-0.15, -0.1) is 0 Å². The monoisotopic (exact) mass is 454 g/mol. The first-order valence-electron chi connectivity index (χ1n) is 6.55. The maximum atomic E-state index is 6.23. The van der Waals surface area contributed by atoms with Gasteiger partial charge in [-0.3, -0.25) is 0 Å². The van der Waals surface area contributed by atoms with Gasteiger partial charge in [0.15, 0.2) is 0 Å². The molecule has 3 aromatic carbocycles. The average Bonchev–Trinajstić information content (AvgIpc) is 2.51. The van der Waals surface area contributed by atoms with Crippen molar-refractivity contribution >= 4 is 55.1 Å². The van der Waals surface area contributed by atoms with Crippen LogP contribution < -0.4 is 0 Å². The third-order valence-electron chi connectivity index (χ3n) is 3.37. The van der Waals surface area contributed by atoms with Crippen molar-refractivity contribution in [3.05, 3.63) is 79.7 Å². The van der Waals surface area contributed by atoms with Crippen molar-refractivity contribution in [1.29, 1.82) is 0 Å². The molecule has 22 heavy (non-hydrogen) atoms. The summed E-state index contributed by atoms with van der Waals surface area (Å²) in [6.45, 7) is 0. The van der Waals surface area contributed by atoms with E-state index in [-0.39, 0.29) is 0 Å². The van der Waals surface area contributed by atoms with Crippen molar-refractivity contribution in [2.24, 2.45) is 0 Å². The number of hydrogen-bond donors (Lipinski definition) is 0. The average molecular weight is 457 g/mol. The molecule has 0 saturated carbocycles. The molecule has 0 radical (unpaired) electrons. The summed E-state index contributed by atoms with van der Waals surface area (Å²) in [5.74, 6) is 0. The number of hydrogen-bond acceptors (Lipinski definition) is 0. The summed E-state index contributed by atoms with van der Waals surface area (Å²) in [5, 5.41) is 1.11. The molecule has 0 aromatic heterocycles. The zero-order valence-electron chi connectivity index (χ0n) is 11.3. The van der Waals surface area contributed by atoms with Crippen LogP contribution in [0, 0.1) is 0 Å². The summed E-state index contributed by atoms with van der Waals surface area (Å²) in [6, 6.07) is 20.2. The summed E-state index contributed by atoms with van der Waals surface area (Å²) in [6.07, 6.45) is 0. The molecular formula is C18H10Br2Cl2. The Morgan fingerprint density at radius 1 is 0.545 bits per heavy atom. The van der Waals surface area contributed by atoms with E-state index in [1.165, 1.54) is 0 Å². The summed E-state index contributed by atoms with van der Waals surface area (Å²) in [7, 11) is 0. The molecule has 3 rings (SSSR count). The van der Waals surface area contributed by atoms with Gasteiger partial charge in [0.2, 0.25) is 0 Å². The van der Waals surface area contributed by atoms with Gasteiger partial charge < -0.3 is 0 Å². The highest BCUT2D eigenvalue weighted by molar-refractivity contribution is 9.10. The molecule has 0 unspecified atom stereocenters. The molecule has 4 heteroatoms. The Bertz CT molecular complexity index is 739. The molecular weight excluding hydrogens is 447 g/mol. The Morgan fingerprint density at radius 2 is 0.864 bits per heavy atom. The van der Waals surface area contributed by atoms with Crippen molar-refractivity contribution in [3.63, 3.8) is 0 Å². The minimum Gasteiger partial charge on any atom is -0.0827 e. The van der Waals surface area contributed by atoms with Crippen LogP contribution in [0.1, 0.15) is 0 Å². The lowest BCUT2D eigenvalue weighted by molar-refractivity contribution is 1.56. The van der Waals surface area contributed by atoms with E-state index in [9.17, 15) is 0 Å². The van der Waals surface area contributed by atoms with Crippen LogP contribution in [0.2, 0.25) is 10.0 Å². The predicted molar refractivity (Wildman–Crippen MR) is 103 cm³/mol. The molecule has 0 aliphatic rings. The van der Waals surface area contributed by atoms with Crippen LogP contribution in [0.25, 0.3) is 22.3 Å². The van der Waals surface area contributed by atoms with Crippen LogP contribution in [-0.4, -0.2) is 0 Å².